The number of nitrogens with two attached hydrogens (primary N) is 1. The van der Waals surface area contributed by atoms with Crippen molar-refractivity contribution in [1.29, 1.82) is 0 Å². The van der Waals surface area contributed by atoms with Gasteiger partial charge in [-0.2, -0.15) is 8.42 Å². The van der Waals surface area contributed by atoms with Crippen LogP contribution in [0.15, 0.2) is 66.2 Å². The lowest BCUT2D eigenvalue weighted by Gasteiger charge is -2.26. The first-order valence-electron chi connectivity index (χ1n) is 9.95. The van der Waals surface area contributed by atoms with Crippen LogP contribution in [-0.4, -0.2) is 50.3 Å². The Kier molecular flexibility index (Phi) is 6.19. The Morgan fingerprint density at radius 3 is 2.28 bits per heavy atom. The summed E-state index contributed by atoms with van der Waals surface area (Å²) in [4.78, 5) is 25.0. The molecular weight excluding hydrogens is 431 g/mol. The van der Waals surface area contributed by atoms with Gasteiger partial charge < -0.3 is 19.4 Å². The standard InChI is InChI=1S/C20H22B3NO7S/c1-2-29-18(26)12-8-10-13(11-9-12)19(21)16(25)15(17(24)30-19)31-32(27,28)20(22,23)14-6-4-3-5-7-14/h3-11H,2,21-24H2,1H3. The highest BCUT2D eigenvalue weighted by atomic mass is 32.2. The second-order valence-electron chi connectivity index (χ2n) is 7.87. The van der Waals surface area contributed by atoms with Gasteiger partial charge in [-0.1, -0.05) is 42.5 Å². The summed E-state index contributed by atoms with van der Waals surface area (Å²) in [5, 5.41) is 0. The van der Waals surface area contributed by atoms with Crippen LogP contribution in [0.25, 0.3) is 0 Å². The number of hydrogen-bond acceptors (Lipinski definition) is 8. The molecule has 1 atom stereocenters. The molecule has 32 heavy (non-hydrogen) atoms. The van der Waals surface area contributed by atoms with Crippen LogP contribution in [-0.2, 0) is 38.6 Å². The minimum Gasteiger partial charge on any atom is -0.467 e. The second kappa shape index (κ2) is 8.42. The van der Waals surface area contributed by atoms with Crippen LogP contribution in [0.2, 0.25) is 0 Å². The molecule has 0 saturated carbocycles. The number of ketones is 1. The smallest absolute Gasteiger partial charge is 0.338 e. The molecule has 0 radical (unpaired) electrons. The molecule has 8 nitrogen and oxygen atoms in total. The van der Waals surface area contributed by atoms with E-state index in [1.807, 2.05) is 0 Å². The number of rotatable bonds is 7. The van der Waals surface area contributed by atoms with Crippen LogP contribution in [0.5, 0.6) is 0 Å². The van der Waals surface area contributed by atoms with Crippen molar-refractivity contribution in [2.24, 2.45) is 5.73 Å². The summed E-state index contributed by atoms with van der Waals surface area (Å²) in [5.74, 6) is -2.25. The highest BCUT2D eigenvalue weighted by Gasteiger charge is 2.50. The molecule has 0 saturated heterocycles. The quantitative estimate of drug-likeness (QED) is 0.316. The molecule has 2 aromatic rings. The summed E-state index contributed by atoms with van der Waals surface area (Å²) in [6.45, 7) is 1.93. The zero-order chi connectivity index (χ0) is 23.7. The largest absolute Gasteiger partial charge is 0.467 e. The maximum absolute atomic E-state index is 13.2. The van der Waals surface area contributed by atoms with Gasteiger partial charge in [0.25, 0.3) is 0 Å². The van der Waals surface area contributed by atoms with Gasteiger partial charge in [0.05, 0.1) is 16.7 Å². The van der Waals surface area contributed by atoms with Crippen LogP contribution < -0.4 is 5.73 Å². The number of esters is 1. The third kappa shape index (κ3) is 4.02. The van der Waals surface area contributed by atoms with Gasteiger partial charge in [-0.3, -0.25) is 4.79 Å². The zero-order valence-electron chi connectivity index (χ0n) is 18.2. The number of carbonyl (C=O) groups is 2. The zero-order valence-corrected chi connectivity index (χ0v) is 19.1. The first-order chi connectivity index (χ1) is 14.9. The van der Waals surface area contributed by atoms with E-state index >= 15 is 0 Å². The minimum absolute atomic E-state index is 0.231. The van der Waals surface area contributed by atoms with Crippen molar-refractivity contribution in [3.63, 3.8) is 0 Å². The summed E-state index contributed by atoms with van der Waals surface area (Å²) in [5.41, 5.74) is 5.41. The van der Waals surface area contributed by atoms with E-state index in [-0.39, 0.29) is 6.61 Å². The van der Waals surface area contributed by atoms with Crippen molar-refractivity contribution in [3.05, 3.63) is 82.9 Å². The monoisotopic (exact) mass is 453 g/mol. The predicted molar refractivity (Wildman–Crippen MR) is 125 cm³/mol. The molecule has 1 unspecified atom stereocenters. The summed E-state index contributed by atoms with van der Waals surface area (Å²) in [7, 11) is 0.0810. The van der Waals surface area contributed by atoms with E-state index in [0.29, 0.717) is 16.7 Å². The van der Waals surface area contributed by atoms with Crippen LogP contribution in [0, 0.1) is 0 Å². The molecule has 0 fully saturated rings. The average molecular weight is 453 g/mol. The van der Waals surface area contributed by atoms with Gasteiger partial charge in [0.15, 0.2) is 13.3 Å². The van der Waals surface area contributed by atoms with Crippen LogP contribution in [0.1, 0.15) is 28.4 Å². The third-order valence-electron chi connectivity index (χ3n) is 5.41. The molecule has 0 aliphatic carbocycles. The highest BCUT2D eigenvalue weighted by Crippen LogP contribution is 2.38. The van der Waals surface area contributed by atoms with Crippen molar-refractivity contribution in [3.8, 4) is 0 Å². The van der Waals surface area contributed by atoms with E-state index in [4.69, 9.17) is 19.4 Å². The highest BCUT2D eigenvalue weighted by molar-refractivity contribution is 7.90. The Bertz CT molecular complexity index is 1180. The van der Waals surface area contributed by atoms with Crippen LogP contribution >= 0.6 is 0 Å². The van der Waals surface area contributed by atoms with Gasteiger partial charge in [0, 0.05) is 0 Å². The molecule has 2 aromatic carbocycles. The molecule has 1 aliphatic rings. The van der Waals surface area contributed by atoms with Gasteiger partial charge in [-0.05, 0) is 30.2 Å². The third-order valence-corrected chi connectivity index (χ3v) is 7.28. The lowest BCUT2D eigenvalue weighted by atomic mass is 9.65. The Balaban J connectivity index is 1.87. The number of ether oxygens (including phenoxy) is 2. The predicted octanol–water partition coefficient (Wildman–Crippen LogP) is -1.20. The van der Waals surface area contributed by atoms with Crippen molar-refractivity contribution in [1.82, 2.24) is 0 Å². The van der Waals surface area contributed by atoms with Crippen molar-refractivity contribution >= 4 is 45.4 Å². The molecular formula is C20H22B3NO7S. The molecule has 12 heteroatoms. The molecule has 0 aromatic heterocycles. The number of benzene rings is 2. The fraction of sp³-hybridized carbons (Fsp3) is 0.200. The van der Waals surface area contributed by atoms with E-state index in [0.717, 1.165) is 0 Å². The van der Waals surface area contributed by atoms with Crippen molar-refractivity contribution in [2.45, 2.75) is 17.0 Å². The van der Waals surface area contributed by atoms with E-state index < -0.39 is 43.6 Å². The Hall–Kier alpha value is -3.14. The van der Waals surface area contributed by atoms with Crippen molar-refractivity contribution in [2.75, 3.05) is 6.61 Å². The summed E-state index contributed by atoms with van der Waals surface area (Å²) in [6, 6.07) is 14.5. The van der Waals surface area contributed by atoms with E-state index in [9.17, 15) is 18.0 Å². The summed E-state index contributed by atoms with van der Waals surface area (Å²) >= 11 is 0. The Morgan fingerprint density at radius 2 is 1.72 bits per heavy atom. The normalized spacial score (nSPS) is 18.8. The molecule has 1 aliphatic heterocycles. The van der Waals surface area contributed by atoms with Gasteiger partial charge >= 0.3 is 16.1 Å². The van der Waals surface area contributed by atoms with Gasteiger partial charge in [0.2, 0.25) is 17.4 Å². The summed E-state index contributed by atoms with van der Waals surface area (Å²) < 4.78 is 40.4. The Morgan fingerprint density at radius 1 is 1.12 bits per heavy atom. The van der Waals surface area contributed by atoms with E-state index in [1.165, 1.54) is 47.8 Å². The molecule has 164 valence electrons. The fourth-order valence-corrected chi connectivity index (χ4v) is 4.26. The molecule has 1 heterocycles. The van der Waals surface area contributed by atoms with Gasteiger partial charge in [-0.25, -0.2) is 4.79 Å². The SMILES string of the molecule is BC1(c2ccc(C(=O)OCC)cc2)OC(N)=C(OS(=O)(=O)C(B)(B)c2ccccc2)C1=O. The number of Topliss-reactive ketones (excluding diaryl/α,β-unsaturated/α-hetero) is 1. The maximum atomic E-state index is 13.2. The van der Waals surface area contributed by atoms with Crippen LogP contribution in [0.4, 0.5) is 0 Å². The molecule has 0 amide bonds. The minimum atomic E-state index is -4.32. The number of carbonyl (C=O) groups excluding carboxylic acids is 2. The number of hydrogen-bond donors (Lipinski definition) is 1. The molecule has 0 spiro atoms. The van der Waals surface area contributed by atoms with Crippen LogP contribution in [0.3, 0.4) is 0 Å². The molecule has 3 rings (SSSR count). The topological polar surface area (TPSA) is 122 Å². The lowest BCUT2D eigenvalue weighted by molar-refractivity contribution is -0.126. The molecule has 2 N–H and O–H groups in total. The lowest BCUT2D eigenvalue weighted by Crippen LogP contribution is -2.40. The van der Waals surface area contributed by atoms with Gasteiger partial charge in [0.1, 0.15) is 15.7 Å². The van der Waals surface area contributed by atoms with E-state index in [1.54, 1.807) is 37.3 Å². The first kappa shape index (κ1) is 23.5. The van der Waals surface area contributed by atoms with Crippen molar-refractivity contribution < 1.29 is 31.7 Å². The fourth-order valence-electron chi connectivity index (χ4n) is 3.25. The first-order valence-corrected chi connectivity index (χ1v) is 11.4. The maximum Gasteiger partial charge on any atom is 0.338 e. The molecule has 0 bridgehead atoms. The van der Waals surface area contributed by atoms with Gasteiger partial charge in [-0.15, -0.1) is 0 Å². The Labute approximate surface area is 189 Å². The average Bonchev–Trinajstić information content (AvgIpc) is 2.98. The summed E-state index contributed by atoms with van der Waals surface area (Å²) in [6.07, 6.45) is 0. The van der Waals surface area contributed by atoms with E-state index in [2.05, 4.69) is 0 Å². The second-order valence-corrected chi connectivity index (χ2v) is 9.96.